The van der Waals surface area contributed by atoms with Gasteiger partial charge in [0.05, 0.1) is 24.4 Å². The van der Waals surface area contributed by atoms with Crippen LogP contribution in [0.1, 0.15) is 5.01 Å². The first kappa shape index (κ1) is 14.0. The van der Waals surface area contributed by atoms with Gasteiger partial charge in [0.1, 0.15) is 5.75 Å². The van der Waals surface area contributed by atoms with Gasteiger partial charge in [-0.3, -0.25) is 0 Å². The average Bonchev–Trinajstić information content (AvgIpc) is 2.92. The molecule has 2 N–H and O–H groups in total. The van der Waals surface area contributed by atoms with Gasteiger partial charge in [-0.1, -0.05) is 0 Å². The fourth-order valence-electron chi connectivity index (χ4n) is 1.72. The number of methoxy groups -OCH3 is 1. The van der Waals surface area contributed by atoms with Crippen molar-refractivity contribution in [2.75, 3.05) is 26.8 Å². The summed E-state index contributed by atoms with van der Waals surface area (Å²) in [5.74, 6) is 0.854. The second-order valence-corrected chi connectivity index (χ2v) is 5.02. The zero-order valence-electron chi connectivity index (χ0n) is 10.9. The lowest BCUT2D eigenvalue weighted by Gasteiger charge is -2.01. The molecule has 0 unspecified atom stereocenters. The van der Waals surface area contributed by atoms with E-state index in [4.69, 9.17) is 9.84 Å². The average molecular weight is 278 g/mol. The number of benzene rings is 1. The Morgan fingerprint density at radius 2 is 2.05 bits per heavy atom. The highest BCUT2D eigenvalue weighted by atomic mass is 32.1. The molecule has 0 saturated carbocycles. The number of hydrogen-bond donors (Lipinski definition) is 2. The van der Waals surface area contributed by atoms with Crippen LogP contribution in [0.25, 0.3) is 11.3 Å². The van der Waals surface area contributed by atoms with Crippen molar-refractivity contribution in [2.24, 2.45) is 0 Å². The predicted octanol–water partition coefficient (Wildman–Crippen LogP) is 1.94. The van der Waals surface area contributed by atoms with Crippen molar-refractivity contribution >= 4 is 11.3 Å². The Morgan fingerprint density at radius 1 is 1.26 bits per heavy atom. The third-order valence-corrected chi connectivity index (χ3v) is 3.65. The van der Waals surface area contributed by atoms with Gasteiger partial charge >= 0.3 is 0 Å². The molecule has 0 radical (unpaired) electrons. The summed E-state index contributed by atoms with van der Waals surface area (Å²) >= 11 is 1.67. The van der Waals surface area contributed by atoms with E-state index in [0.29, 0.717) is 6.54 Å². The van der Waals surface area contributed by atoms with E-state index in [1.807, 2.05) is 24.3 Å². The monoisotopic (exact) mass is 278 g/mol. The molecule has 2 rings (SSSR count). The van der Waals surface area contributed by atoms with Crippen LogP contribution in [-0.2, 0) is 6.42 Å². The molecule has 0 spiro atoms. The van der Waals surface area contributed by atoms with Gasteiger partial charge in [0.2, 0.25) is 0 Å². The fraction of sp³-hybridized carbons (Fsp3) is 0.357. The van der Waals surface area contributed by atoms with Crippen LogP contribution in [0, 0.1) is 0 Å². The smallest absolute Gasteiger partial charge is 0.118 e. The van der Waals surface area contributed by atoms with Gasteiger partial charge in [0.25, 0.3) is 0 Å². The van der Waals surface area contributed by atoms with Crippen molar-refractivity contribution in [2.45, 2.75) is 6.42 Å². The lowest BCUT2D eigenvalue weighted by atomic mass is 10.2. The Bertz CT molecular complexity index is 496. The molecular formula is C14H18N2O2S. The van der Waals surface area contributed by atoms with Gasteiger partial charge < -0.3 is 15.2 Å². The van der Waals surface area contributed by atoms with Gasteiger partial charge in [0.15, 0.2) is 0 Å². The van der Waals surface area contributed by atoms with E-state index in [1.54, 1.807) is 18.4 Å². The van der Waals surface area contributed by atoms with E-state index >= 15 is 0 Å². The number of nitrogens with one attached hydrogen (secondary N) is 1. The van der Waals surface area contributed by atoms with Crippen LogP contribution in [-0.4, -0.2) is 36.9 Å². The molecule has 0 atom stereocenters. The van der Waals surface area contributed by atoms with E-state index in [2.05, 4.69) is 15.7 Å². The molecule has 1 heterocycles. The molecular weight excluding hydrogens is 260 g/mol. The number of ether oxygens (including phenoxy) is 1. The van der Waals surface area contributed by atoms with Crippen molar-refractivity contribution in [3.63, 3.8) is 0 Å². The fourth-order valence-corrected chi connectivity index (χ4v) is 2.53. The second-order valence-electron chi connectivity index (χ2n) is 4.08. The molecule has 1 aromatic carbocycles. The predicted molar refractivity (Wildman–Crippen MR) is 77.8 cm³/mol. The SMILES string of the molecule is COc1ccc(-c2csc(CCNCCO)n2)cc1. The van der Waals surface area contributed by atoms with Crippen LogP contribution in [0.15, 0.2) is 29.6 Å². The summed E-state index contributed by atoms with van der Waals surface area (Å²) in [6.07, 6.45) is 0.890. The van der Waals surface area contributed by atoms with Gasteiger partial charge in [-0.15, -0.1) is 11.3 Å². The van der Waals surface area contributed by atoms with Crippen molar-refractivity contribution in [1.82, 2.24) is 10.3 Å². The second kappa shape index (κ2) is 7.23. The minimum Gasteiger partial charge on any atom is -0.497 e. The highest BCUT2D eigenvalue weighted by Gasteiger charge is 2.04. The molecule has 2 aromatic rings. The molecule has 5 heteroatoms. The number of thiazole rings is 1. The summed E-state index contributed by atoms with van der Waals surface area (Å²) in [6, 6.07) is 7.91. The van der Waals surface area contributed by atoms with E-state index in [9.17, 15) is 0 Å². The van der Waals surface area contributed by atoms with Gasteiger partial charge in [-0.25, -0.2) is 4.98 Å². The molecule has 0 aliphatic rings. The first-order chi connectivity index (χ1) is 9.33. The van der Waals surface area contributed by atoms with E-state index in [-0.39, 0.29) is 6.61 Å². The normalized spacial score (nSPS) is 10.6. The molecule has 19 heavy (non-hydrogen) atoms. The Morgan fingerprint density at radius 3 is 2.74 bits per heavy atom. The zero-order valence-corrected chi connectivity index (χ0v) is 11.7. The molecule has 1 aromatic heterocycles. The number of nitrogens with zero attached hydrogens (tertiary/aromatic N) is 1. The number of hydrogen-bond acceptors (Lipinski definition) is 5. The maximum Gasteiger partial charge on any atom is 0.118 e. The van der Waals surface area contributed by atoms with Crippen molar-refractivity contribution < 1.29 is 9.84 Å². The van der Waals surface area contributed by atoms with Crippen LogP contribution in [0.3, 0.4) is 0 Å². The Hall–Kier alpha value is -1.43. The molecule has 0 fully saturated rings. The first-order valence-electron chi connectivity index (χ1n) is 6.24. The van der Waals surface area contributed by atoms with E-state index < -0.39 is 0 Å². The molecule has 102 valence electrons. The molecule has 0 aliphatic heterocycles. The highest BCUT2D eigenvalue weighted by molar-refractivity contribution is 7.09. The number of rotatable bonds is 7. The largest absolute Gasteiger partial charge is 0.497 e. The highest BCUT2D eigenvalue weighted by Crippen LogP contribution is 2.24. The summed E-state index contributed by atoms with van der Waals surface area (Å²) in [5, 5.41) is 15.0. The topological polar surface area (TPSA) is 54.4 Å². The van der Waals surface area contributed by atoms with Gasteiger partial charge in [-0.2, -0.15) is 0 Å². The number of aliphatic hydroxyl groups is 1. The first-order valence-corrected chi connectivity index (χ1v) is 7.12. The van der Waals surface area contributed by atoms with Crippen molar-refractivity contribution in [3.8, 4) is 17.0 Å². The minimum atomic E-state index is 0.176. The standard InChI is InChI=1S/C14H18N2O2S/c1-18-12-4-2-11(3-5-12)13-10-19-14(16-13)6-7-15-8-9-17/h2-5,10,15,17H,6-9H2,1H3. The van der Waals surface area contributed by atoms with Crippen molar-refractivity contribution in [1.29, 1.82) is 0 Å². The third-order valence-electron chi connectivity index (χ3n) is 2.74. The maximum atomic E-state index is 8.67. The summed E-state index contributed by atoms with van der Waals surface area (Å²) < 4.78 is 5.14. The van der Waals surface area contributed by atoms with Gasteiger partial charge in [-0.05, 0) is 24.3 Å². The molecule has 0 amide bonds. The number of aromatic nitrogens is 1. The van der Waals surface area contributed by atoms with Crippen molar-refractivity contribution in [3.05, 3.63) is 34.7 Å². The Balaban J connectivity index is 1.95. The lowest BCUT2D eigenvalue weighted by Crippen LogP contribution is -2.20. The molecule has 4 nitrogen and oxygen atoms in total. The summed E-state index contributed by atoms with van der Waals surface area (Å²) in [4.78, 5) is 4.61. The summed E-state index contributed by atoms with van der Waals surface area (Å²) in [5.41, 5.74) is 2.11. The third kappa shape index (κ3) is 4.02. The lowest BCUT2D eigenvalue weighted by molar-refractivity contribution is 0.293. The van der Waals surface area contributed by atoms with Crippen LogP contribution >= 0.6 is 11.3 Å². The quantitative estimate of drug-likeness (QED) is 0.760. The van der Waals surface area contributed by atoms with Crippen LogP contribution in [0.4, 0.5) is 0 Å². The van der Waals surface area contributed by atoms with E-state index in [1.165, 1.54) is 0 Å². The van der Waals surface area contributed by atoms with Gasteiger partial charge in [0, 0.05) is 30.5 Å². The minimum absolute atomic E-state index is 0.176. The Kier molecular flexibility index (Phi) is 5.32. The Labute approximate surface area is 117 Å². The van der Waals surface area contributed by atoms with Crippen LogP contribution < -0.4 is 10.1 Å². The molecule has 0 aliphatic carbocycles. The van der Waals surface area contributed by atoms with E-state index in [0.717, 1.165) is 35.0 Å². The maximum absolute atomic E-state index is 8.67. The number of aliphatic hydroxyl groups excluding tert-OH is 1. The van der Waals surface area contributed by atoms with Crippen LogP contribution in [0.5, 0.6) is 5.75 Å². The molecule has 0 saturated heterocycles. The molecule has 0 bridgehead atoms. The van der Waals surface area contributed by atoms with Crippen LogP contribution in [0.2, 0.25) is 0 Å². The summed E-state index contributed by atoms with van der Waals surface area (Å²) in [7, 11) is 1.66. The zero-order chi connectivity index (χ0) is 13.5. The summed E-state index contributed by atoms with van der Waals surface area (Å²) in [6.45, 7) is 1.65.